The van der Waals surface area contributed by atoms with E-state index in [1.54, 1.807) is 25.3 Å². The first-order chi connectivity index (χ1) is 9.72. The summed E-state index contributed by atoms with van der Waals surface area (Å²) in [7, 11) is 1.62. The van der Waals surface area contributed by atoms with Crippen LogP contribution in [-0.4, -0.2) is 18.5 Å². The van der Waals surface area contributed by atoms with Crippen molar-refractivity contribution in [1.29, 1.82) is 0 Å². The maximum atomic E-state index is 13.6. The van der Waals surface area contributed by atoms with Crippen LogP contribution in [-0.2, 0) is 0 Å². The third-order valence-electron chi connectivity index (χ3n) is 2.61. The number of hydrogen-bond donors (Lipinski definition) is 1. The minimum atomic E-state index is -0.337. The van der Waals surface area contributed by atoms with Crippen LogP contribution in [0.5, 0.6) is 5.75 Å². The molecule has 0 spiro atoms. The van der Waals surface area contributed by atoms with Crippen LogP contribution in [0.25, 0.3) is 0 Å². The zero-order valence-corrected chi connectivity index (χ0v) is 12.1. The number of para-hydroxylation sites is 1. The molecule has 104 valence electrons. The molecule has 0 aliphatic heterocycles. The predicted molar refractivity (Wildman–Crippen MR) is 83.6 cm³/mol. The fourth-order valence-corrected chi connectivity index (χ4v) is 1.98. The maximum Gasteiger partial charge on any atom is 0.166 e. The highest BCUT2D eigenvalue weighted by molar-refractivity contribution is 8.13. The van der Waals surface area contributed by atoms with Gasteiger partial charge < -0.3 is 10.1 Å². The Balaban J connectivity index is 2.18. The van der Waals surface area contributed by atoms with Gasteiger partial charge in [-0.25, -0.2) is 9.38 Å². The van der Waals surface area contributed by atoms with E-state index in [0.717, 1.165) is 11.4 Å². The molecule has 0 radical (unpaired) electrons. The molecule has 5 heteroatoms. The molecule has 0 aliphatic rings. The quantitative estimate of drug-likeness (QED) is 0.676. The molecule has 0 saturated carbocycles. The Morgan fingerprint density at radius 1 is 1.15 bits per heavy atom. The van der Waals surface area contributed by atoms with E-state index in [1.165, 1.54) is 17.8 Å². The molecule has 2 aromatic rings. The van der Waals surface area contributed by atoms with Gasteiger partial charge in [0.2, 0.25) is 0 Å². The van der Waals surface area contributed by atoms with Crippen molar-refractivity contribution in [2.75, 3.05) is 18.7 Å². The largest absolute Gasteiger partial charge is 0.497 e. The number of nitrogens with one attached hydrogen (secondary N) is 1. The van der Waals surface area contributed by atoms with E-state index in [2.05, 4.69) is 10.3 Å². The molecular weight excluding hydrogens is 275 g/mol. The maximum absolute atomic E-state index is 13.6. The van der Waals surface area contributed by atoms with E-state index in [1.807, 2.05) is 30.5 Å². The average molecular weight is 290 g/mol. The zero-order valence-electron chi connectivity index (χ0n) is 11.3. The van der Waals surface area contributed by atoms with E-state index in [4.69, 9.17) is 4.74 Å². The fraction of sp³-hybridized carbons (Fsp3) is 0.133. The molecule has 0 unspecified atom stereocenters. The van der Waals surface area contributed by atoms with Crippen molar-refractivity contribution in [3.05, 3.63) is 54.3 Å². The minimum absolute atomic E-state index is 0.317. The van der Waals surface area contributed by atoms with Crippen LogP contribution in [0.1, 0.15) is 0 Å². The number of rotatable bonds is 3. The molecule has 1 N–H and O–H groups in total. The summed E-state index contributed by atoms with van der Waals surface area (Å²) in [6.07, 6.45) is 1.89. The molecule has 20 heavy (non-hydrogen) atoms. The number of hydrogen-bond acceptors (Lipinski definition) is 3. The van der Waals surface area contributed by atoms with Gasteiger partial charge in [0, 0.05) is 5.69 Å². The first-order valence-corrected chi connectivity index (χ1v) is 7.23. The number of anilines is 1. The van der Waals surface area contributed by atoms with Crippen LogP contribution in [0.2, 0.25) is 0 Å². The Kier molecular flexibility index (Phi) is 5.01. The molecule has 0 aromatic heterocycles. The van der Waals surface area contributed by atoms with Crippen molar-refractivity contribution in [2.24, 2.45) is 4.99 Å². The lowest BCUT2D eigenvalue weighted by Gasteiger charge is -2.08. The van der Waals surface area contributed by atoms with Gasteiger partial charge in [0.1, 0.15) is 17.3 Å². The summed E-state index contributed by atoms with van der Waals surface area (Å²) in [5.41, 5.74) is 1.19. The van der Waals surface area contributed by atoms with Gasteiger partial charge in [-0.05, 0) is 42.7 Å². The van der Waals surface area contributed by atoms with Crippen LogP contribution in [0.15, 0.2) is 53.5 Å². The Morgan fingerprint density at radius 2 is 1.85 bits per heavy atom. The van der Waals surface area contributed by atoms with Crippen molar-refractivity contribution in [1.82, 2.24) is 0 Å². The zero-order chi connectivity index (χ0) is 14.4. The van der Waals surface area contributed by atoms with Crippen LogP contribution in [0.3, 0.4) is 0 Å². The smallest absolute Gasteiger partial charge is 0.166 e. The summed E-state index contributed by atoms with van der Waals surface area (Å²) in [5.74, 6) is 0.447. The number of benzene rings is 2. The van der Waals surface area contributed by atoms with Crippen LogP contribution in [0.4, 0.5) is 15.8 Å². The molecule has 0 amide bonds. The van der Waals surface area contributed by atoms with E-state index in [-0.39, 0.29) is 5.82 Å². The first-order valence-electron chi connectivity index (χ1n) is 6.01. The molecule has 0 saturated heterocycles. The summed E-state index contributed by atoms with van der Waals surface area (Å²) in [4.78, 5) is 4.28. The van der Waals surface area contributed by atoms with Crippen molar-refractivity contribution < 1.29 is 9.13 Å². The molecule has 3 nitrogen and oxygen atoms in total. The lowest BCUT2D eigenvalue weighted by atomic mass is 10.3. The second kappa shape index (κ2) is 6.96. The van der Waals surface area contributed by atoms with E-state index in [9.17, 15) is 4.39 Å². The summed E-state index contributed by atoms with van der Waals surface area (Å²) >= 11 is 1.42. The number of thioether (sulfide) groups is 1. The van der Waals surface area contributed by atoms with Gasteiger partial charge in [0.15, 0.2) is 5.17 Å². The minimum Gasteiger partial charge on any atom is -0.497 e. The first kappa shape index (κ1) is 14.4. The molecule has 2 rings (SSSR count). The van der Waals surface area contributed by atoms with Gasteiger partial charge >= 0.3 is 0 Å². The van der Waals surface area contributed by atoms with Crippen molar-refractivity contribution in [3.8, 4) is 5.75 Å². The number of halogens is 1. The molecular formula is C15H15FN2OS. The van der Waals surface area contributed by atoms with Crippen molar-refractivity contribution in [2.45, 2.75) is 0 Å². The SMILES string of the molecule is COc1ccc(NC(=Nc2ccccc2F)SC)cc1. The highest BCUT2D eigenvalue weighted by Crippen LogP contribution is 2.21. The number of ether oxygens (including phenoxy) is 1. The third-order valence-corrected chi connectivity index (χ3v) is 3.19. The van der Waals surface area contributed by atoms with Gasteiger partial charge in [0.05, 0.1) is 7.11 Å². The molecule has 0 atom stereocenters. The molecule has 0 fully saturated rings. The number of aliphatic imine (C=N–C) groups is 1. The van der Waals surface area contributed by atoms with E-state index in [0.29, 0.717) is 10.9 Å². The van der Waals surface area contributed by atoms with Crippen LogP contribution in [0, 0.1) is 5.82 Å². The normalized spacial score (nSPS) is 11.2. The monoisotopic (exact) mass is 290 g/mol. The second-order valence-electron chi connectivity index (χ2n) is 3.93. The standard InChI is InChI=1S/C15H15FN2OS/c1-19-12-9-7-11(8-10-12)17-15(20-2)18-14-6-4-3-5-13(14)16/h3-10H,1-2H3,(H,17,18). The highest BCUT2D eigenvalue weighted by atomic mass is 32.2. The summed E-state index contributed by atoms with van der Waals surface area (Å²) in [6.45, 7) is 0. The Labute approximate surface area is 121 Å². The van der Waals surface area contributed by atoms with Crippen molar-refractivity contribution >= 4 is 28.3 Å². The van der Waals surface area contributed by atoms with Gasteiger partial charge in [-0.1, -0.05) is 23.9 Å². The van der Waals surface area contributed by atoms with Gasteiger partial charge in [-0.2, -0.15) is 0 Å². The highest BCUT2D eigenvalue weighted by Gasteiger charge is 2.03. The predicted octanol–water partition coefficient (Wildman–Crippen LogP) is 4.30. The fourth-order valence-electron chi connectivity index (χ4n) is 1.57. The third kappa shape index (κ3) is 3.74. The van der Waals surface area contributed by atoms with E-state index < -0.39 is 0 Å². The van der Waals surface area contributed by atoms with Gasteiger partial charge in [0.25, 0.3) is 0 Å². The number of nitrogens with zero attached hydrogens (tertiary/aromatic N) is 1. The van der Waals surface area contributed by atoms with Crippen molar-refractivity contribution in [3.63, 3.8) is 0 Å². The molecule has 0 aliphatic carbocycles. The van der Waals surface area contributed by atoms with Crippen LogP contribution < -0.4 is 10.1 Å². The number of amidine groups is 1. The Morgan fingerprint density at radius 3 is 2.45 bits per heavy atom. The van der Waals surface area contributed by atoms with Gasteiger partial charge in [-0.3, -0.25) is 0 Å². The van der Waals surface area contributed by atoms with E-state index >= 15 is 0 Å². The Hall–Kier alpha value is -2.01. The summed E-state index contributed by atoms with van der Waals surface area (Å²) < 4.78 is 18.7. The lowest BCUT2D eigenvalue weighted by molar-refractivity contribution is 0.415. The average Bonchev–Trinajstić information content (AvgIpc) is 2.49. The lowest BCUT2D eigenvalue weighted by Crippen LogP contribution is -2.06. The topological polar surface area (TPSA) is 33.6 Å². The molecule has 0 heterocycles. The Bertz CT molecular complexity index is 599. The number of methoxy groups -OCH3 is 1. The molecule has 2 aromatic carbocycles. The van der Waals surface area contributed by atoms with Gasteiger partial charge in [-0.15, -0.1) is 0 Å². The summed E-state index contributed by atoms with van der Waals surface area (Å²) in [6, 6.07) is 13.9. The second-order valence-corrected chi connectivity index (χ2v) is 4.72. The van der Waals surface area contributed by atoms with Crippen LogP contribution >= 0.6 is 11.8 Å². The molecule has 0 bridgehead atoms. The summed E-state index contributed by atoms with van der Waals surface area (Å²) in [5, 5.41) is 3.77.